The SMILES string of the molecule is C/C(=C/B1OC(C)(C)C(C)(C)O1)C1CNC1. The molecule has 2 aliphatic rings. The highest BCUT2D eigenvalue weighted by atomic mass is 16.7. The molecule has 0 unspecified atom stereocenters. The maximum absolute atomic E-state index is 5.93. The van der Waals surface area contributed by atoms with E-state index in [1.54, 1.807) is 0 Å². The van der Waals surface area contributed by atoms with Crippen LogP contribution in [0.1, 0.15) is 34.6 Å². The molecule has 0 bridgehead atoms. The third kappa shape index (κ3) is 2.06. The first-order chi connectivity index (χ1) is 7.32. The van der Waals surface area contributed by atoms with E-state index < -0.39 is 0 Å². The van der Waals surface area contributed by atoms with E-state index in [0.717, 1.165) is 13.1 Å². The summed E-state index contributed by atoms with van der Waals surface area (Å²) in [6.45, 7) is 12.7. The van der Waals surface area contributed by atoms with Gasteiger partial charge < -0.3 is 14.6 Å². The van der Waals surface area contributed by atoms with Crippen LogP contribution in [0.4, 0.5) is 0 Å². The van der Waals surface area contributed by atoms with Gasteiger partial charge in [0.2, 0.25) is 0 Å². The predicted molar refractivity (Wildman–Crippen MR) is 66.2 cm³/mol. The maximum Gasteiger partial charge on any atom is 0.487 e. The molecule has 0 aromatic carbocycles. The monoisotopic (exact) mass is 223 g/mol. The van der Waals surface area contributed by atoms with E-state index in [2.05, 4.69) is 45.9 Å². The van der Waals surface area contributed by atoms with Gasteiger partial charge in [0.05, 0.1) is 11.2 Å². The van der Waals surface area contributed by atoms with Gasteiger partial charge in [0.15, 0.2) is 0 Å². The molecule has 2 saturated heterocycles. The van der Waals surface area contributed by atoms with E-state index in [1.165, 1.54) is 5.57 Å². The fraction of sp³-hybridized carbons (Fsp3) is 0.833. The molecule has 2 fully saturated rings. The van der Waals surface area contributed by atoms with Crippen LogP contribution in [-0.2, 0) is 9.31 Å². The molecule has 16 heavy (non-hydrogen) atoms. The molecule has 3 nitrogen and oxygen atoms in total. The Kier molecular flexibility index (Phi) is 2.93. The van der Waals surface area contributed by atoms with Crippen molar-refractivity contribution in [2.24, 2.45) is 5.92 Å². The van der Waals surface area contributed by atoms with E-state index in [4.69, 9.17) is 9.31 Å². The summed E-state index contributed by atoms with van der Waals surface area (Å²) in [6.07, 6.45) is 0. The molecule has 0 radical (unpaired) electrons. The molecule has 0 amide bonds. The minimum atomic E-state index is -0.230. The molecule has 0 spiro atoms. The molecule has 0 atom stereocenters. The highest BCUT2D eigenvalue weighted by Gasteiger charge is 2.50. The second-order valence-electron chi connectivity index (χ2n) is 5.89. The van der Waals surface area contributed by atoms with Crippen molar-refractivity contribution in [3.63, 3.8) is 0 Å². The lowest BCUT2D eigenvalue weighted by atomic mass is 9.82. The van der Waals surface area contributed by atoms with Gasteiger partial charge >= 0.3 is 7.12 Å². The Morgan fingerprint density at radius 2 is 1.69 bits per heavy atom. The van der Waals surface area contributed by atoms with E-state index in [-0.39, 0.29) is 18.3 Å². The Bertz CT molecular complexity index is 292. The molecule has 0 aliphatic carbocycles. The maximum atomic E-state index is 5.93. The van der Waals surface area contributed by atoms with Crippen LogP contribution in [0.25, 0.3) is 0 Å². The average Bonchev–Trinajstić information content (AvgIpc) is 2.14. The number of hydrogen-bond donors (Lipinski definition) is 1. The molecule has 2 rings (SSSR count). The Morgan fingerprint density at radius 3 is 2.06 bits per heavy atom. The summed E-state index contributed by atoms with van der Waals surface area (Å²) in [5.41, 5.74) is 0.913. The van der Waals surface area contributed by atoms with Gasteiger partial charge in [0.1, 0.15) is 0 Å². The lowest BCUT2D eigenvalue weighted by Gasteiger charge is -2.32. The predicted octanol–water partition coefficient (Wildman–Crippen LogP) is 1.78. The topological polar surface area (TPSA) is 30.5 Å². The number of hydrogen-bond acceptors (Lipinski definition) is 3. The first-order valence-corrected chi connectivity index (χ1v) is 6.06. The molecule has 2 heterocycles. The van der Waals surface area contributed by atoms with Crippen LogP contribution < -0.4 is 5.32 Å². The van der Waals surface area contributed by atoms with E-state index in [0.29, 0.717) is 5.92 Å². The minimum Gasteiger partial charge on any atom is -0.400 e. The van der Waals surface area contributed by atoms with Crippen molar-refractivity contribution in [2.45, 2.75) is 45.8 Å². The number of nitrogens with one attached hydrogen (secondary N) is 1. The summed E-state index contributed by atoms with van der Waals surface area (Å²) < 4.78 is 11.9. The van der Waals surface area contributed by atoms with Crippen molar-refractivity contribution >= 4 is 7.12 Å². The largest absolute Gasteiger partial charge is 0.487 e. The summed E-state index contributed by atoms with van der Waals surface area (Å²) in [5, 5.41) is 3.28. The zero-order chi connectivity index (χ0) is 12.0. The number of rotatable bonds is 2. The molecule has 0 aromatic rings. The van der Waals surface area contributed by atoms with E-state index >= 15 is 0 Å². The van der Waals surface area contributed by atoms with Gasteiger partial charge in [-0.1, -0.05) is 11.5 Å². The Morgan fingerprint density at radius 1 is 1.19 bits per heavy atom. The van der Waals surface area contributed by atoms with Crippen LogP contribution in [0.5, 0.6) is 0 Å². The molecule has 0 saturated carbocycles. The molecule has 0 aromatic heterocycles. The third-order valence-corrected chi connectivity index (χ3v) is 4.10. The highest BCUT2D eigenvalue weighted by Crippen LogP contribution is 2.37. The molecule has 4 heteroatoms. The van der Waals surface area contributed by atoms with Gasteiger partial charge in [0, 0.05) is 19.0 Å². The van der Waals surface area contributed by atoms with Crippen LogP contribution in [0.15, 0.2) is 11.5 Å². The second-order valence-corrected chi connectivity index (χ2v) is 5.89. The van der Waals surface area contributed by atoms with Crippen molar-refractivity contribution in [3.8, 4) is 0 Å². The zero-order valence-electron chi connectivity index (χ0n) is 11.0. The Balaban J connectivity index is 2.03. The lowest BCUT2D eigenvalue weighted by molar-refractivity contribution is 0.00578. The fourth-order valence-corrected chi connectivity index (χ4v) is 1.92. The van der Waals surface area contributed by atoms with Crippen LogP contribution in [-0.4, -0.2) is 31.4 Å². The summed E-state index contributed by atoms with van der Waals surface area (Å²) in [7, 11) is -0.189. The van der Waals surface area contributed by atoms with E-state index in [1.807, 2.05) is 0 Å². The van der Waals surface area contributed by atoms with Gasteiger partial charge in [-0.25, -0.2) is 0 Å². The molecular weight excluding hydrogens is 201 g/mol. The van der Waals surface area contributed by atoms with Crippen molar-refractivity contribution < 1.29 is 9.31 Å². The summed E-state index contributed by atoms with van der Waals surface area (Å²) >= 11 is 0. The van der Waals surface area contributed by atoms with Crippen molar-refractivity contribution in [2.75, 3.05) is 13.1 Å². The third-order valence-electron chi connectivity index (χ3n) is 4.10. The van der Waals surface area contributed by atoms with Gasteiger partial charge in [-0.05, 0) is 34.6 Å². The second kappa shape index (κ2) is 3.86. The minimum absolute atomic E-state index is 0.189. The molecular formula is C12H22BNO2. The van der Waals surface area contributed by atoms with Gasteiger partial charge in [0.25, 0.3) is 0 Å². The van der Waals surface area contributed by atoms with Gasteiger partial charge in [-0.2, -0.15) is 0 Å². The lowest BCUT2D eigenvalue weighted by Crippen LogP contribution is -2.42. The zero-order valence-corrected chi connectivity index (χ0v) is 11.0. The molecule has 1 N–H and O–H groups in total. The Hall–Kier alpha value is -0.315. The van der Waals surface area contributed by atoms with Crippen LogP contribution in [0.2, 0.25) is 0 Å². The quantitative estimate of drug-likeness (QED) is 0.724. The first kappa shape index (κ1) is 12.2. The van der Waals surface area contributed by atoms with Crippen LogP contribution in [0, 0.1) is 5.92 Å². The summed E-state index contributed by atoms with van der Waals surface area (Å²) in [4.78, 5) is 0. The molecule has 2 aliphatic heterocycles. The first-order valence-electron chi connectivity index (χ1n) is 6.06. The smallest absolute Gasteiger partial charge is 0.400 e. The van der Waals surface area contributed by atoms with Crippen molar-refractivity contribution in [3.05, 3.63) is 11.5 Å². The van der Waals surface area contributed by atoms with Gasteiger partial charge in [-0.15, -0.1) is 0 Å². The highest BCUT2D eigenvalue weighted by molar-refractivity contribution is 6.51. The van der Waals surface area contributed by atoms with Crippen molar-refractivity contribution in [1.82, 2.24) is 5.32 Å². The fourth-order valence-electron chi connectivity index (χ4n) is 1.92. The standard InChI is InChI=1S/C12H22BNO2/c1-9(10-7-14-8-10)6-13-15-11(2,3)12(4,5)16-13/h6,10,14H,7-8H2,1-5H3/b9-6-. The van der Waals surface area contributed by atoms with E-state index in [9.17, 15) is 0 Å². The summed E-state index contributed by atoms with van der Waals surface area (Å²) in [5.74, 6) is 2.79. The van der Waals surface area contributed by atoms with Gasteiger partial charge in [-0.3, -0.25) is 0 Å². The van der Waals surface area contributed by atoms with Crippen LogP contribution in [0.3, 0.4) is 0 Å². The Labute approximate surface area is 98.7 Å². The summed E-state index contributed by atoms with van der Waals surface area (Å²) in [6, 6.07) is 0. The van der Waals surface area contributed by atoms with Crippen molar-refractivity contribution in [1.29, 1.82) is 0 Å². The van der Waals surface area contributed by atoms with Crippen LogP contribution >= 0.6 is 0 Å². The average molecular weight is 223 g/mol. The molecule has 90 valence electrons. The normalized spacial score (nSPS) is 29.3.